The SMILES string of the molecule is CC(C)(C)OC(=O)CN1CCn2c(nc(C(=O)NCc3ccc(F)cc3)c(OCc3ccccc3)c2=O)C1(C)C. The number of rotatable bonds is 8. The number of esters is 1. The molecule has 0 spiro atoms. The molecule has 1 aromatic heterocycles. The van der Waals surface area contributed by atoms with Gasteiger partial charge >= 0.3 is 5.97 Å². The van der Waals surface area contributed by atoms with Crippen molar-refractivity contribution >= 4 is 11.9 Å². The molecule has 1 aliphatic heterocycles. The van der Waals surface area contributed by atoms with E-state index in [0.29, 0.717) is 17.9 Å². The topological polar surface area (TPSA) is 103 Å². The van der Waals surface area contributed by atoms with Gasteiger partial charge in [0.25, 0.3) is 11.5 Å². The highest BCUT2D eigenvalue weighted by Crippen LogP contribution is 2.31. The Kier molecular flexibility index (Phi) is 8.39. The van der Waals surface area contributed by atoms with E-state index in [0.717, 1.165) is 5.56 Å². The standard InChI is InChI=1S/C30H35FN4O5/c1-29(2,3)40-23(36)18-34-15-16-35-27(38)25(39-19-21-9-7-6-8-10-21)24(33-28(35)30(34,4)5)26(37)32-17-20-11-13-22(31)14-12-20/h6-14H,15-19H2,1-5H3,(H,32,37). The van der Waals surface area contributed by atoms with E-state index < -0.39 is 28.6 Å². The van der Waals surface area contributed by atoms with Crippen LogP contribution in [-0.2, 0) is 34.8 Å². The number of ether oxygens (including phenoxy) is 2. The third kappa shape index (κ3) is 6.74. The van der Waals surface area contributed by atoms with Crippen molar-refractivity contribution in [1.82, 2.24) is 19.8 Å². The van der Waals surface area contributed by atoms with Crippen LogP contribution < -0.4 is 15.6 Å². The van der Waals surface area contributed by atoms with Gasteiger partial charge in [0, 0.05) is 19.6 Å². The maximum absolute atomic E-state index is 13.7. The number of carbonyl (C=O) groups excluding carboxylic acids is 2. The molecular weight excluding hydrogens is 515 g/mol. The summed E-state index contributed by atoms with van der Waals surface area (Å²) in [5.41, 5.74) is -0.631. The van der Waals surface area contributed by atoms with Crippen LogP contribution in [0.2, 0.25) is 0 Å². The average Bonchev–Trinajstić information content (AvgIpc) is 2.89. The van der Waals surface area contributed by atoms with E-state index >= 15 is 0 Å². The van der Waals surface area contributed by atoms with Gasteiger partial charge in [0.05, 0.1) is 12.1 Å². The molecule has 0 saturated heterocycles. The molecule has 0 atom stereocenters. The molecule has 1 amide bonds. The minimum atomic E-state index is -0.877. The lowest BCUT2D eigenvalue weighted by Gasteiger charge is -2.42. The van der Waals surface area contributed by atoms with Crippen LogP contribution in [0.5, 0.6) is 5.75 Å². The molecule has 10 heteroatoms. The second-order valence-corrected chi connectivity index (χ2v) is 11.2. The van der Waals surface area contributed by atoms with E-state index in [4.69, 9.17) is 9.47 Å². The fraction of sp³-hybridized carbons (Fsp3) is 0.400. The van der Waals surface area contributed by atoms with E-state index in [9.17, 15) is 18.8 Å². The predicted molar refractivity (Wildman–Crippen MR) is 147 cm³/mol. The van der Waals surface area contributed by atoms with E-state index in [2.05, 4.69) is 10.3 Å². The Morgan fingerprint density at radius 3 is 2.35 bits per heavy atom. The van der Waals surface area contributed by atoms with Crippen LogP contribution in [0.1, 0.15) is 62.1 Å². The largest absolute Gasteiger partial charge is 0.481 e. The zero-order valence-electron chi connectivity index (χ0n) is 23.5. The highest BCUT2D eigenvalue weighted by molar-refractivity contribution is 5.94. The van der Waals surface area contributed by atoms with Crippen LogP contribution in [-0.4, -0.2) is 45.0 Å². The smallest absolute Gasteiger partial charge is 0.320 e. The van der Waals surface area contributed by atoms with E-state index in [1.807, 2.05) is 49.1 Å². The summed E-state index contributed by atoms with van der Waals surface area (Å²) < 4.78 is 26.3. The molecule has 40 heavy (non-hydrogen) atoms. The minimum Gasteiger partial charge on any atom is -0.481 e. The molecule has 9 nitrogen and oxygen atoms in total. The van der Waals surface area contributed by atoms with Gasteiger partial charge in [-0.3, -0.25) is 23.9 Å². The Morgan fingerprint density at radius 2 is 1.70 bits per heavy atom. The summed E-state index contributed by atoms with van der Waals surface area (Å²) in [4.78, 5) is 46.3. The third-order valence-electron chi connectivity index (χ3n) is 6.61. The first kappa shape index (κ1) is 28.9. The summed E-state index contributed by atoms with van der Waals surface area (Å²) in [7, 11) is 0. The molecule has 1 aliphatic rings. The summed E-state index contributed by atoms with van der Waals surface area (Å²) in [5, 5.41) is 2.76. The minimum absolute atomic E-state index is 0.00149. The van der Waals surface area contributed by atoms with Gasteiger partial charge in [0.2, 0.25) is 5.75 Å². The maximum atomic E-state index is 13.7. The molecule has 2 heterocycles. The van der Waals surface area contributed by atoms with E-state index in [-0.39, 0.29) is 43.5 Å². The number of carbonyl (C=O) groups is 2. The lowest BCUT2D eigenvalue weighted by atomic mass is 9.98. The lowest BCUT2D eigenvalue weighted by molar-refractivity contribution is -0.158. The van der Waals surface area contributed by atoms with Gasteiger partial charge in [-0.25, -0.2) is 9.37 Å². The van der Waals surface area contributed by atoms with Gasteiger partial charge in [0.15, 0.2) is 5.69 Å². The Labute approximate surface area is 232 Å². The normalized spacial score (nSPS) is 14.8. The molecule has 0 aliphatic carbocycles. The second kappa shape index (κ2) is 11.6. The van der Waals surface area contributed by atoms with Crippen LogP contribution in [0.4, 0.5) is 4.39 Å². The number of hydrogen-bond acceptors (Lipinski definition) is 7. The van der Waals surface area contributed by atoms with Crippen LogP contribution >= 0.6 is 0 Å². The molecule has 0 unspecified atom stereocenters. The number of amides is 1. The number of hydrogen-bond donors (Lipinski definition) is 1. The van der Waals surface area contributed by atoms with Gasteiger partial charge in [-0.15, -0.1) is 0 Å². The van der Waals surface area contributed by atoms with Crippen LogP contribution in [0, 0.1) is 5.82 Å². The summed E-state index contributed by atoms with van der Waals surface area (Å²) >= 11 is 0. The Balaban J connectivity index is 1.67. The Bertz CT molecular complexity index is 1430. The van der Waals surface area contributed by atoms with Crippen LogP contribution in [0.15, 0.2) is 59.4 Å². The van der Waals surface area contributed by atoms with Gasteiger partial charge in [-0.1, -0.05) is 42.5 Å². The van der Waals surface area contributed by atoms with E-state index in [1.165, 1.54) is 16.7 Å². The molecule has 2 aromatic carbocycles. The van der Waals surface area contributed by atoms with Gasteiger partial charge in [-0.05, 0) is 57.9 Å². The van der Waals surface area contributed by atoms with Crippen molar-refractivity contribution < 1.29 is 23.5 Å². The Morgan fingerprint density at radius 1 is 1.02 bits per heavy atom. The monoisotopic (exact) mass is 550 g/mol. The first-order valence-corrected chi connectivity index (χ1v) is 13.2. The van der Waals surface area contributed by atoms with Crippen LogP contribution in [0.3, 0.4) is 0 Å². The molecule has 212 valence electrons. The zero-order valence-corrected chi connectivity index (χ0v) is 23.5. The van der Waals surface area contributed by atoms with E-state index in [1.54, 1.807) is 32.9 Å². The van der Waals surface area contributed by atoms with Crippen molar-refractivity contribution in [3.8, 4) is 5.75 Å². The third-order valence-corrected chi connectivity index (χ3v) is 6.61. The van der Waals surface area contributed by atoms with Gasteiger partial charge < -0.3 is 14.8 Å². The molecule has 3 aromatic rings. The number of benzene rings is 2. The highest BCUT2D eigenvalue weighted by atomic mass is 19.1. The lowest BCUT2D eigenvalue weighted by Crippen LogP contribution is -2.54. The predicted octanol–water partition coefficient (Wildman–Crippen LogP) is 3.78. The first-order chi connectivity index (χ1) is 18.8. The fourth-order valence-corrected chi connectivity index (χ4v) is 4.54. The first-order valence-electron chi connectivity index (χ1n) is 13.2. The number of fused-ring (bicyclic) bond motifs is 1. The second-order valence-electron chi connectivity index (χ2n) is 11.2. The maximum Gasteiger partial charge on any atom is 0.320 e. The quantitative estimate of drug-likeness (QED) is 0.426. The molecule has 4 rings (SSSR count). The average molecular weight is 551 g/mol. The summed E-state index contributed by atoms with van der Waals surface area (Å²) in [6.45, 7) is 9.93. The number of halogens is 1. The molecule has 0 saturated carbocycles. The van der Waals surface area contributed by atoms with Crippen molar-refractivity contribution in [1.29, 1.82) is 0 Å². The van der Waals surface area contributed by atoms with Gasteiger partial charge in [-0.2, -0.15) is 0 Å². The molecule has 0 fully saturated rings. The van der Waals surface area contributed by atoms with Crippen molar-refractivity contribution in [2.75, 3.05) is 13.1 Å². The number of aromatic nitrogens is 2. The van der Waals surface area contributed by atoms with Crippen molar-refractivity contribution in [3.05, 3.63) is 93.4 Å². The summed E-state index contributed by atoms with van der Waals surface area (Å²) in [6.07, 6.45) is 0. The summed E-state index contributed by atoms with van der Waals surface area (Å²) in [6, 6.07) is 15.0. The number of nitrogens with zero attached hydrogens (tertiary/aromatic N) is 3. The molecule has 1 N–H and O–H groups in total. The molecule has 0 bridgehead atoms. The molecular formula is C30H35FN4O5. The highest BCUT2D eigenvalue weighted by Gasteiger charge is 2.40. The van der Waals surface area contributed by atoms with Crippen LogP contribution in [0.25, 0.3) is 0 Å². The Hall–Kier alpha value is -4.05. The fourth-order valence-electron chi connectivity index (χ4n) is 4.54. The number of nitrogens with one attached hydrogen (secondary N) is 1. The summed E-state index contributed by atoms with van der Waals surface area (Å²) in [5.74, 6) is -1.19. The van der Waals surface area contributed by atoms with Crippen molar-refractivity contribution in [3.63, 3.8) is 0 Å². The van der Waals surface area contributed by atoms with Gasteiger partial charge in [0.1, 0.15) is 23.8 Å². The van der Waals surface area contributed by atoms with Crippen molar-refractivity contribution in [2.24, 2.45) is 0 Å². The molecule has 0 radical (unpaired) electrons. The van der Waals surface area contributed by atoms with Crippen molar-refractivity contribution in [2.45, 2.75) is 65.5 Å². The zero-order chi connectivity index (χ0) is 29.1.